The lowest BCUT2D eigenvalue weighted by atomic mass is 10.1. The van der Waals surface area contributed by atoms with E-state index in [-0.39, 0.29) is 24.6 Å². The fourth-order valence-electron chi connectivity index (χ4n) is 3.58. The SMILES string of the molecule is CN1COc2cc(Oc3cc(O[C@H]4CCOC4)cc(C(=O)Nc4ccn[nH]4)c3)ccc2C1=O. The molecule has 5 rings (SSSR count). The Kier molecular flexibility index (Phi) is 5.57. The zero-order chi connectivity index (χ0) is 22.8. The van der Waals surface area contributed by atoms with Gasteiger partial charge < -0.3 is 29.2 Å². The molecule has 1 fully saturated rings. The minimum absolute atomic E-state index is 0.0936. The minimum Gasteiger partial charge on any atom is -0.488 e. The average Bonchev–Trinajstić information content (AvgIpc) is 3.51. The van der Waals surface area contributed by atoms with Crippen LogP contribution >= 0.6 is 0 Å². The van der Waals surface area contributed by atoms with Gasteiger partial charge in [0.25, 0.3) is 11.8 Å². The summed E-state index contributed by atoms with van der Waals surface area (Å²) in [7, 11) is 1.67. The van der Waals surface area contributed by atoms with Crippen molar-refractivity contribution >= 4 is 17.6 Å². The van der Waals surface area contributed by atoms with Crippen LogP contribution < -0.4 is 19.5 Å². The highest BCUT2D eigenvalue weighted by Gasteiger charge is 2.24. The maximum Gasteiger partial charge on any atom is 0.259 e. The molecule has 0 spiro atoms. The molecular formula is C23H22N4O6. The molecule has 10 heteroatoms. The van der Waals surface area contributed by atoms with Gasteiger partial charge in [-0.3, -0.25) is 14.7 Å². The number of H-pyrrole nitrogens is 1. The molecule has 0 saturated carbocycles. The van der Waals surface area contributed by atoms with Crippen molar-refractivity contribution in [2.24, 2.45) is 0 Å². The molecule has 2 amide bonds. The number of fused-ring (bicyclic) bond motifs is 1. The van der Waals surface area contributed by atoms with E-state index in [9.17, 15) is 9.59 Å². The Labute approximate surface area is 189 Å². The summed E-state index contributed by atoms with van der Waals surface area (Å²) in [6, 6.07) is 11.6. The fraction of sp³-hybridized carbons (Fsp3) is 0.261. The number of carbonyl (C=O) groups is 2. The first-order valence-electron chi connectivity index (χ1n) is 10.5. The van der Waals surface area contributed by atoms with Gasteiger partial charge in [-0.1, -0.05) is 0 Å². The number of carbonyl (C=O) groups excluding carboxylic acids is 2. The summed E-state index contributed by atoms with van der Waals surface area (Å²) in [4.78, 5) is 26.6. The van der Waals surface area contributed by atoms with Gasteiger partial charge in [-0.05, 0) is 24.3 Å². The molecule has 1 saturated heterocycles. The maximum absolute atomic E-state index is 12.8. The lowest BCUT2D eigenvalue weighted by Crippen LogP contribution is -2.35. The molecule has 170 valence electrons. The molecule has 3 heterocycles. The summed E-state index contributed by atoms with van der Waals surface area (Å²) < 4.78 is 23.0. The summed E-state index contributed by atoms with van der Waals surface area (Å²) >= 11 is 0. The smallest absolute Gasteiger partial charge is 0.259 e. The van der Waals surface area contributed by atoms with Crippen molar-refractivity contribution < 1.29 is 28.5 Å². The van der Waals surface area contributed by atoms with Crippen LogP contribution in [0.2, 0.25) is 0 Å². The van der Waals surface area contributed by atoms with Crippen molar-refractivity contribution in [1.82, 2.24) is 15.1 Å². The molecule has 10 nitrogen and oxygen atoms in total. The standard InChI is InChI=1S/C23H22N4O6/c1-27-13-31-20-11-15(2-3-19(20)23(27)29)32-17-8-14(22(28)25-21-4-6-24-26-21)9-18(10-17)33-16-5-7-30-12-16/h2-4,6,8-11,16H,5,7,12-13H2,1H3,(H2,24,25,26,28)/t16-/m0/s1. The van der Waals surface area contributed by atoms with Gasteiger partial charge in [0.05, 0.1) is 25.0 Å². The largest absolute Gasteiger partial charge is 0.488 e. The first-order chi connectivity index (χ1) is 16.0. The Balaban J connectivity index is 1.41. The molecule has 2 aromatic carbocycles. The second-order valence-corrected chi connectivity index (χ2v) is 7.76. The van der Waals surface area contributed by atoms with Crippen LogP contribution in [0, 0.1) is 0 Å². The van der Waals surface area contributed by atoms with Crippen molar-refractivity contribution in [2.45, 2.75) is 12.5 Å². The quantitative estimate of drug-likeness (QED) is 0.593. The van der Waals surface area contributed by atoms with Gasteiger partial charge in [0.2, 0.25) is 0 Å². The van der Waals surface area contributed by atoms with Crippen molar-refractivity contribution in [3.63, 3.8) is 0 Å². The van der Waals surface area contributed by atoms with Gasteiger partial charge in [0.1, 0.15) is 34.9 Å². The van der Waals surface area contributed by atoms with Gasteiger partial charge in [-0.15, -0.1) is 0 Å². The molecule has 0 unspecified atom stereocenters. The van der Waals surface area contributed by atoms with Crippen LogP contribution in [0.5, 0.6) is 23.0 Å². The van der Waals surface area contributed by atoms with Crippen molar-refractivity contribution in [3.8, 4) is 23.0 Å². The molecule has 0 bridgehead atoms. The Hall–Kier alpha value is -4.05. The molecule has 0 aliphatic carbocycles. The lowest BCUT2D eigenvalue weighted by molar-refractivity contribution is 0.0595. The maximum atomic E-state index is 12.8. The fourth-order valence-corrected chi connectivity index (χ4v) is 3.58. The molecular weight excluding hydrogens is 428 g/mol. The third-order valence-corrected chi connectivity index (χ3v) is 5.26. The number of rotatable bonds is 6. The average molecular weight is 450 g/mol. The first-order valence-corrected chi connectivity index (χ1v) is 10.5. The van der Waals surface area contributed by atoms with Crippen molar-refractivity contribution in [2.75, 3.05) is 32.3 Å². The van der Waals surface area contributed by atoms with Crippen LogP contribution in [0.3, 0.4) is 0 Å². The molecule has 33 heavy (non-hydrogen) atoms. The highest BCUT2D eigenvalue weighted by atomic mass is 16.5. The van der Waals surface area contributed by atoms with Crippen LogP contribution in [0.4, 0.5) is 5.82 Å². The molecule has 1 atom stereocenters. The Morgan fingerprint density at radius 3 is 2.85 bits per heavy atom. The molecule has 2 aliphatic heterocycles. The van der Waals surface area contributed by atoms with E-state index in [4.69, 9.17) is 18.9 Å². The van der Waals surface area contributed by atoms with Crippen LogP contribution in [0.25, 0.3) is 0 Å². The summed E-state index contributed by atoms with van der Waals surface area (Å²) in [6.07, 6.45) is 2.22. The Bertz CT molecular complexity index is 1170. The minimum atomic E-state index is -0.348. The highest BCUT2D eigenvalue weighted by molar-refractivity contribution is 6.04. The van der Waals surface area contributed by atoms with Crippen LogP contribution in [0.1, 0.15) is 27.1 Å². The molecule has 0 radical (unpaired) electrons. The highest BCUT2D eigenvalue weighted by Crippen LogP contribution is 2.33. The number of ether oxygens (including phenoxy) is 4. The third kappa shape index (κ3) is 4.60. The van der Waals surface area contributed by atoms with Crippen LogP contribution in [-0.2, 0) is 4.74 Å². The van der Waals surface area contributed by atoms with Gasteiger partial charge in [0, 0.05) is 37.2 Å². The topological polar surface area (TPSA) is 115 Å². The van der Waals surface area contributed by atoms with Crippen LogP contribution in [0.15, 0.2) is 48.7 Å². The van der Waals surface area contributed by atoms with E-state index in [2.05, 4.69) is 15.5 Å². The second kappa shape index (κ2) is 8.83. The van der Waals surface area contributed by atoms with Crippen LogP contribution in [-0.4, -0.2) is 60.0 Å². The van der Waals surface area contributed by atoms with Gasteiger partial charge in [-0.2, -0.15) is 5.10 Å². The number of benzene rings is 2. The predicted molar refractivity (Wildman–Crippen MR) is 117 cm³/mol. The van der Waals surface area contributed by atoms with Crippen molar-refractivity contribution in [3.05, 3.63) is 59.8 Å². The summed E-state index contributed by atoms with van der Waals surface area (Å²) in [5.74, 6) is 1.81. The molecule has 1 aromatic heterocycles. The first kappa shape index (κ1) is 20.8. The molecule has 2 N–H and O–H groups in total. The van der Waals surface area contributed by atoms with E-state index in [1.54, 1.807) is 55.7 Å². The van der Waals surface area contributed by atoms with Gasteiger partial charge in [-0.25, -0.2) is 0 Å². The van der Waals surface area contributed by atoms with E-state index >= 15 is 0 Å². The van der Waals surface area contributed by atoms with E-state index in [0.29, 0.717) is 53.2 Å². The Morgan fingerprint density at radius 2 is 2.06 bits per heavy atom. The van der Waals surface area contributed by atoms with Gasteiger partial charge in [0.15, 0.2) is 6.73 Å². The summed E-state index contributed by atoms with van der Waals surface area (Å²) in [6.45, 7) is 1.29. The third-order valence-electron chi connectivity index (χ3n) is 5.26. The Morgan fingerprint density at radius 1 is 1.18 bits per heavy atom. The second-order valence-electron chi connectivity index (χ2n) is 7.76. The zero-order valence-electron chi connectivity index (χ0n) is 17.9. The predicted octanol–water partition coefficient (Wildman–Crippen LogP) is 3.04. The summed E-state index contributed by atoms with van der Waals surface area (Å²) in [5, 5.41) is 9.27. The van der Waals surface area contributed by atoms with Gasteiger partial charge >= 0.3 is 0 Å². The van der Waals surface area contributed by atoms with E-state index in [1.807, 2.05) is 0 Å². The number of hydrogen-bond donors (Lipinski definition) is 2. The number of hydrogen-bond acceptors (Lipinski definition) is 7. The number of aromatic nitrogens is 2. The lowest BCUT2D eigenvalue weighted by Gasteiger charge is -2.25. The van der Waals surface area contributed by atoms with E-state index < -0.39 is 0 Å². The number of nitrogens with one attached hydrogen (secondary N) is 2. The van der Waals surface area contributed by atoms with Crippen molar-refractivity contribution in [1.29, 1.82) is 0 Å². The number of nitrogens with zero attached hydrogens (tertiary/aromatic N) is 2. The monoisotopic (exact) mass is 450 g/mol. The number of aromatic amines is 1. The van der Waals surface area contributed by atoms with E-state index in [1.165, 1.54) is 4.90 Å². The zero-order valence-corrected chi connectivity index (χ0v) is 17.9. The number of amides is 2. The summed E-state index contributed by atoms with van der Waals surface area (Å²) in [5.41, 5.74) is 0.816. The van der Waals surface area contributed by atoms with E-state index in [0.717, 1.165) is 6.42 Å². The molecule has 2 aliphatic rings. The number of anilines is 1. The molecule has 3 aromatic rings. The normalized spacial score (nSPS) is 17.3.